The molecule has 0 aromatic heterocycles. The summed E-state index contributed by atoms with van der Waals surface area (Å²) in [6.07, 6.45) is 3.30. The Hall–Kier alpha value is -2.75. The minimum absolute atomic E-state index is 0.0632. The largest absolute Gasteiger partial charge is 0.497 e. The Balaban J connectivity index is 2.05. The van der Waals surface area contributed by atoms with Crippen molar-refractivity contribution in [3.63, 3.8) is 0 Å². The minimum Gasteiger partial charge on any atom is -0.497 e. The van der Waals surface area contributed by atoms with E-state index in [0.717, 1.165) is 11.1 Å². The smallest absolute Gasteiger partial charge is 0.246 e. The van der Waals surface area contributed by atoms with E-state index in [4.69, 9.17) is 9.47 Å². The standard InChI is InChI=1S/C19H21NO3/c1-20(14-15-7-5-4-6-8-15)19(21)12-10-16-9-11-17(22-2)13-18(16)23-3/h4-13H,14H2,1-3H3. The molecule has 4 nitrogen and oxygen atoms in total. The Morgan fingerprint density at radius 2 is 1.83 bits per heavy atom. The average molecular weight is 311 g/mol. The van der Waals surface area contributed by atoms with Crippen LogP contribution in [0.25, 0.3) is 6.08 Å². The number of amides is 1. The van der Waals surface area contributed by atoms with Crippen molar-refractivity contribution in [3.8, 4) is 11.5 Å². The van der Waals surface area contributed by atoms with Crippen molar-refractivity contribution in [2.45, 2.75) is 6.54 Å². The van der Waals surface area contributed by atoms with Gasteiger partial charge >= 0.3 is 0 Å². The van der Waals surface area contributed by atoms with Crippen LogP contribution in [-0.2, 0) is 11.3 Å². The van der Waals surface area contributed by atoms with Crippen molar-refractivity contribution in [2.24, 2.45) is 0 Å². The van der Waals surface area contributed by atoms with E-state index in [1.807, 2.05) is 42.5 Å². The van der Waals surface area contributed by atoms with E-state index in [1.165, 1.54) is 0 Å². The van der Waals surface area contributed by atoms with Gasteiger partial charge in [-0.3, -0.25) is 4.79 Å². The summed E-state index contributed by atoms with van der Waals surface area (Å²) in [7, 11) is 4.98. The summed E-state index contributed by atoms with van der Waals surface area (Å²) in [6.45, 7) is 0.573. The van der Waals surface area contributed by atoms with E-state index in [9.17, 15) is 4.79 Å². The van der Waals surface area contributed by atoms with Gasteiger partial charge in [0.15, 0.2) is 0 Å². The fourth-order valence-electron chi connectivity index (χ4n) is 2.18. The molecule has 0 radical (unpaired) electrons. The average Bonchev–Trinajstić information content (AvgIpc) is 2.60. The molecule has 23 heavy (non-hydrogen) atoms. The van der Waals surface area contributed by atoms with Gasteiger partial charge in [-0.05, 0) is 23.8 Å². The van der Waals surface area contributed by atoms with Gasteiger partial charge in [-0.1, -0.05) is 30.3 Å². The molecule has 0 heterocycles. The zero-order valence-corrected chi connectivity index (χ0v) is 13.7. The molecule has 4 heteroatoms. The first-order valence-corrected chi connectivity index (χ1v) is 7.33. The van der Waals surface area contributed by atoms with Crippen LogP contribution in [0.4, 0.5) is 0 Å². The fourth-order valence-corrected chi connectivity index (χ4v) is 2.18. The molecule has 0 unspecified atom stereocenters. The van der Waals surface area contributed by atoms with Crippen LogP contribution < -0.4 is 9.47 Å². The summed E-state index contributed by atoms with van der Waals surface area (Å²) in [4.78, 5) is 13.9. The third kappa shape index (κ3) is 4.61. The molecule has 0 bridgehead atoms. The van der Waals surface area contributed by atoms with Crippen LogP contribution in [0.15, 0.2) is 54.6 Å². The molecule has 2 rings (SSSR count). The van der Waals surface area contributed by atoms with E-state index in [1.54, 1.807) is 44.4 Å². The molecule has 0 aliphatic rings. The lowest BCUT2D eigenvalue weighted by atomic mass is 10.1. The number of rotatable bonds is 6. The SMILES string of the molecule is COc1ccc(C=CC(=O)N(C)Cc2ccccc2)c(OC)c1. The zero-order chi connectivity index (χ0) is 16.7. The van der Waals surface area contributed by atoms with Gasteiger partial charge < -0.3 is 14.4 Å². The summed E-state index contributed by atoms with van der Waals surface area (Å²) >= 11 is 0. The molecule has 0 spiro atoms. The zero-order valence-electron chi connectivity index (χ0n) is 13.7. The minimum atomic E-state index is -0.0632. The van der Waals surface area contributed by atoms with Crippen LogP contribution in [0.1, 0.15) is 11.1 Å². The van der Waals surface area contributed by atoms with Crippen molar-refractivity contribution < 1.29 is 14.3 Å². The van der Waals surface area contributed by atoms with E-state index in [2.05, 4.69) is 0 Å². The number of nitrogens with zero attached hydrogens (tertiary/aromatic N) is 1. The molecular weight excluding hydrogens is 290 g/mol. The summed E-state index contributed by atoms with van der Waals surface area (Å²) in [5, 5.41) is 0. The predicted octanol–water partition coefficient (Wildman–Crippen LogP) is 3.38. The first kappa shape index (κ1) is 16.6. The Bertz CT molecular complexity index is 680. The van der Waals surface area contributed by atoms with Crippen molar-refractivity contribution in [3.05, 3.63) is 65.7 Å². The van der Waals surface area contributed by atoms with E-state index >= 15 is 0 Å². The number of likely N-dealkylation sites (N-methyl/N-ethyl adjacent to an activating group) is 1. The normalized spacial score (nSPS) is 10.6. The topological polar surface area (TPSA) is 38.8 Å². The molecule has 0 fully saturated rings. The van der Waals surface area contributed by atoms with Crippen molar-refractivity contribution in [2.75, 3.05) is 21.3 Å². The maximum absolute atomic E-state index is 12.2. The number of carbonyl (C=O) groups is 1. The second kappa shape index (κ2) is 8.03. The predicted molar refractivity (Wildman–Crippen MR) is 91.5 cm³/mol. The highest BCUT2D eigenvalue weighted by molar-refractivity contribution is 5.92. The van der Waals surface area contributed by atoms with Crippen LogP contribution in [0.2, 0.25) is 0 Å². The maximum atomic E-state index is 12.2. The number of hydrogen-bond donors (Lipinski definition) is 0. The van der Waals surface area contributed by atoms with Crippen LogP contribution in [0, 0.1) is 0 Å². The second-order valence-corrected chi connectivity index (χ2v) is 5.12. The number of ether oxygens (including phenoxy) is 2. The number of methoxy groups -OCH3 is 2. The van der Waals surface area contributed by atoms with Gasteiger partial charge in [0.1, 0.15) is 11.5 Å². The summed E-state index contributed by atoms with van der Waals surface area (Å²) in [5.41, 5.74) is 1.92. The molecule has 0 atom stereocenters. The van der Waals surface area contributed by atoms with Gasteiger partial charge in [-0.25, -0.2) is 0 Å². The van der Waals surface area contributed by atoms with E-state index in [0.29, 0.717) is 18.0 Å². The van der Waals surface area contributed by atoms with E-state index in [-0.39, 0.29) is 5.91 Å². The molecule has 0 aliphatic carbocycles. The monoisotopic (exact) mass is 311 g/mol. The van der Waals surface area contributed by atoms with Gasteiger partial charge in [-0.2, -0.15) is 0 Å². The highest BCUT2D eigenvalue weighted by atomic mass is 16.5. The molecule has 0 saturated heterocycles. The molecule has 0 N–H and O–H groups in total. The molecule has 1 amide bonds. The number of carbonyl (C=O) groups excluding carboxylic acids is 1. The Morgan fingerprint density at radius 1 is 1.09 bits per heavy atom. The highest BCUT2D eigenvalue weighted by Gasteiger charge is 2.07. The van der Waals surface area contributed by atoms with Gasteiger partial charge in [-0.15, -0.1) is 0 Å². The molecular formula is C19H21NO3. The third-order valence-electron chi connectivity index (χ3n) is 3.48. The van der Waals surface area contributed by atoms with E-state index < -0.39 is 0 Å². The van der Waals surface area contributed by atoms with Crippen molar-refractivity contribution in [1.82, 2.24) is 4.90 Å². The number of benzene rings is 2. The number of hydrogen-bond acceptors (Lipinski definition) is 3. The van der Waals surface area contributed by atoms with Gasteiger partial charge in [0, 0.05) is 31.3 Å². The lowest BCUT2D eigenvalue weighted by molar-refractivity contribution is -0.125. The second-order valence-electron chi connectivity index (χ2n) is 5.12. The van der Waals surface area contributed by atoms with Crippen LogP contribution in [0.3, 0.4) is 0 Å². The lowest BCUT2D eigenvalue weighted by Gasteiger charge is -2.15. The quantitative estimate of drug-likeness (QED) is 0.768. The fraction of sp³-hybridized carbons (Fsp3) is 0.211. The van der Waals surface area contributed by atoms with Gasteiger partial charge in [0.25, 0.3) is 0 Å². The highest BCUT2D eigenvalue weighted by Crippen LogP contribution is 2.25. The van der Waals surface area contributed by atoms with Crippen LogP contribution in [0.5, 0.6) is 11.5 Å². The summed E-state index contributed by atoms with van der Waals surface area (Å²) in [5.74, 6) is 1.32. The summed E-state index contributed by atoms with van der Waals surface area (Å²) < 4.78 is 10.5. The maximum Gasteiger partial charge on any atom is 0.246 e. The van der Waals surface area contributed by atoms with Crippen molar-refractivity contribution >= 4 is 12.0 Å². The molecule has 2 aromatic carbocycles. The van der Waals surface area contributed by atoms with Crippen molar-refractivity contribution in [1.29, 1.82) is 0 Å². The van der Waals surface area contributed by atoms with Crippen LogP contribution >= 0.6 is 0 Å². The lowest BCUT2D eigenvalue weighted by Crippen LogP contribution is -2.24. The molecule has 0 aliphatic heterocycles. The Morgan fingerprint density at radius 3 is 2.48 bits per heavy atom. The molecule has 120 valence electrons. The van der Waals surface area contributed by atoms with Gasteiger partial charge in [0.2, 0.25) is 5.91 Å². The Kier molecular flexibility index (Phi) is 5.80. The summed E-state index contributed by atoms with van der Waals surface area (Å²) in [6, 6.07) is 15.4. The third-order valence-corrected chi connectivity index (χ3v) is 3.48. The Labute approximate surface area is 137 Å². The van der Waals surface area contributed by atoms with Gasteiger partial charge in [0.05, 0.1) is 14.2 Å². The first-order valence-electron chi connectivity index (χ1n) is 7.33. The first-order chi connectivity index (χ1) is 11.1. The molecule has 2 aromatic rings. The molecule has 0 saturated carbocycles. The van der Waals surface area contributed by atoms with Crippen LogP contribution in [-0.4, -0.2) is 32.1 Å².